The number of nitrogens with zero attached hydrogens (tertiary/aromatic N) is 2. The fourth-order valence-electron chi connectivity index (χ4n) is 1.49. The molecule has 1 atom stereocenters. The van der Waals surface area contributed by atoms with E-state index in [0.717, 1.165) is 23.3 Å². The molecule has 0 aromatic carbocycles. The molecule has 17 heavy (non-hydrogen) atoms. The summed E-state index contributed by atoms with van der Waals surface area (Å²) in [6.07, 6.45) is 1.83. The van der Waals surface area contributed by atoms with Gasteiger partial charge >= 0.3 is 0 Å². The molecule has 0 radical (unpaired) electrons. The van der Waals surface area contributed by atoms with E-state index in [-0.39, 0.29) is 6.04 Å². The van der Waals surface area contributed by atoms with Crippen LogP contribution < -0.4 is 5.73 Å². The van der Waals surface area contributed by atoms with Gasteiger partial charge in [0.25, 0.3) is 5.89 Å². The van der Waals surface area contributed by atoms with Gasteiger partial charge in [0.1, 0.15) is 4.88 Å². The third kappa shape index (κ3) is 2.51. The standard InChI is InChI=1S/C11H14ClN3OS/c1-3-4-7(13)10-14-11(16-15-10)9-8(12)6(2)5-17-9/h5,7H,3-4,13H2,1-2H3. The average Bonchev–Trinajstić information content (AvgIpc) is 2.88. The lowest BCUT2D eigenvalue weighted by atomic mass is 10.2. The Morgan fingerprint density at radius 2 is 2.35 bits per heavy atom. The Morgan fingerprint density at radius 1 is 1.59 bits per heavy atom. The van der Waals surface area contributed by atoms with Crippen molar-refractivity contribution in [1.29, 1.82) is 0 Å². The molecular weight excluding hydrogens is 258 g/mol. The SMILES string of the molecule is CCCC(N)c1noc(-c2scc(C)c2Cl)n1. The topological polar surface area (TPSA) is 64.9 Å². The number of nitrogens with two attached hydrogens (primary N) is 1. The maximum Gasteiger partial charge on any atom is 0.269 e. The number of hydrogen-bond acceptors (Lipinski definition) is 5. The van der Waals surface area contributed by atoms with Crippen molar-refractivity contribution in [2.24, 2.45) is 5.73 Å². The number of halogens is 1. The lowest BCUT2D eigenvalue weighted by Gasteiger charge is -2.02. The molecule has 2 aromatic heterocycles. The molecule has 0 bridgehead atoms. The van der Waals surface area contributed by atoms with Crippen LogP contribution in [-0.4, -0.2) is 10.1 Å². The molecule has 0 aliphatic heterocycles. The lowest BCUT2D eigenvalue weighted by molar-refractivity contribution is 0.414. The van der Waals surface area contributed by atoms with Gasteiger partial charge in [0.15, 0.2) is 5.82 Å². The molecular formula is C11H14ClN3OS. The average molecular weight is 272 g/mol. The Balaban J connectivity index is 2.27. The summed E-state index contributed by atoms with van der Waals surface area (Å²) in [7, 11) is 0. The minimum atomic E-state index is -0.169. The van der Waals surface area contributed by atoms with Crippen molar-refractivity contribution in [3.63, 3.8) is 0 Å². The highest BCUT2D eigenvalue weighted by atomic mass is 35.5. The summed E-state index contributed by atoms with van der Waals surface area (Å²) in [5.74, 6) is 0.999. The van der Waals surface area contributed by atoms with Gasteiger partial charge in [0, 0.05) is 0 Å². The summed E-state index contributed by atoms with van der Waals surface area (Å²) in [6.45, 7) is 4.02. The predicted molar refractivity (Wildman–Crippen MR) is 69.2 cm³/mol. The second kappa shape index (κ2) is 5.16. The molecule has 6 heteroatoms. The third-order valence-electron chi connectivity index (χ3n) is 2.47. The molecule has 0 saturated carbocycles. The van der Waals surface area contributed by atoms with Gasteiger partial charge < -0.3 is 10.3 Å². The quantitative estimate of drug-likeness (QED) is 0.923. The second-order valence-electron chi connectivity index (χ2n) is 3.91. The minimum Gasteiger partial charge on any atom is -0.333 e. The number of hydrogen-bond donors (Lipinski definition) is 1. The molecule has 1 unspecified atom stereocenters. The van der Waals surface area contributed by atoms with Crippen molar-refractivity contribution in [3.05, 3.63) is 21.8 Å². The van der Waals surface area contributed by atoms with E-state index in [0.29, 0.717) is 16.7 Å². The van der Waals surface area contributed by atoms with Crippen molar-refractivity contribution in [3.8, 4) is 10.8 Å². The first-order valence-corrected chi connectivity index (χ1v) is 6.72. The van der Waals surface area contributed by atoms with Gasteiger partial charge in [-0.25, -0.2) is 0 Å². The molecule has 0 aliphatic rings. The first-order valence-electron chi connectivity index (χ1n) is 5.46. The molecule has 0 saturated heterocycles. The zero-order valence-corrected chi connectivity index (χ0v) is 11.3. The number of aryl methyl sites for hydroxylation is 1. The van der Waals surface area contributed by atoms with E-state index in [1.165, 1.54) is 11.3 Å². The molecule has 0 aliphatic carbocycles. The van der Waals surface area contributed by atoms with Gasteiger partial charge in [-0.15, -0.1) is 11.3 Å². The maximum atomic E-state index is 6.14. The smallest absolute Gasteiger partial charge is 0.269 e. The van der Waals surface area contributed by atoms with Crippen LogP contribution in [0.3, 0.4) is 0 Å². The third-order valence-corrected chi connectivity index (χ3v) is 4.15. The minimum absolute atomic E-state index is 0.169. The van der Waals surface area contributed by atoms with Crippen molar-refractivity contribution in [2.45, 2.75) is 32.7 Å². The summed E-state index contributed by atoms with van der Waals surface area (Å²) in [5, 5.41) is 6.54. The Bertz CT molecular complexity index is 509. The summed E-state index contributed by atoms with van der Waals surface area (Å²) >= 11 is 7.64. The number of aromatic nitrogens is 2. The van der Waals surface area contributed by atoms with Crippen LogP contribution in [0.2, 0.25) is 5.02 Å². The normalized spacial score (nSPS) is 12.9. The highest BCUT2D eigenvalue weighted by molar-refractivity contribution is 7.14. The Labute approximate surface area is 109 Å². The van der Waals surface area contributed by atoms with Crippen LogP contribution in [0.5, 0.6) is 0 Å². The van der Waals surface area contributed by atoms with Gasteiger partial charge in [-0.05, 0) is 24.3 Å². The van der Waals surface area contributed by atoms with Crippen LogP contribution in [0.1, 0.15) is 37.2 Å². The van der Waals surface area contributed by atoms with Crippen LogP contribution in [0, 0.1) is 6.92 Å². The molecule has 4 nitrogen and oxygen atoms in total. The van der Waals surface area contributed by atoms with Crippen molar-refractivity contribution < 1.29 is 4.52 Å². The van der Waals surface area contributed by atoms with E-state index in [1.54, 1.807) is 0 Å². The van der Waals surface area contributed by atoms with E-state index < -0.39 is 0 Å². The summed E-state index contributed by atoms with van der Waals surface area (Å²) < 4.78 is 5.20. The zero-order valence-electron chi connectivity index (χ0n) is 9.74. The van der Waals surface area contributed by atoms with Crippen molar-refractivity contribution >= 4 is 22.9 Å². The summed E-state index contributed by atoms with van der Waals surface area (Å²) in [4.78, 5) is 5.11. The highest BCUT2D eigenvalue weighted by Crippen LogP contribution is 2.35. The molecule has 0 amide bonds. The fourth-order valence-corrected chi connectivity index (χ4v) is 2.69. The zero-order chi connectivity index (χ0) is 12.4. The molecule has 0 fully saturated rings. The number of thiophene rings is 1. The molecule has 2 rings (SSSR count). The molecule has 2 N–H and O–H groups in total. The number of rotatable bonds is 4. The summed E-state index contributed by atoms with van der Waals surface area (Å²) in [5.41, 5.74) is 6.94. The van der Waals surface area contributed by atoms with Gasteiger partial charge in [0.2, 0.25) is 0 Å². The first kappa shape index (κ1) is 12.5. The lowest BCUT2D eigenvalue weighted by Crippen LogP contribution is -2.11. The van der Waals surface area contributed by atoms with E-state index in [9.17, 15) is 0 Å². The van der Waals surface area contributed by atoms with Crippen LogP contribution in [0.25, 0.3) is 10.8 Å². The fraction of sp³-hybridized carbons (Fsp3) is 0.455. The summed E-state index contributed by atoms with van der Waals surface area (Å²) in [6, 6.07) is -0.169. The maximum absolute atomic E-state index is 6.14. The Hall–Kier alpha value is -0.910. The van der Waals surface area contributed by atoms with E-state index in [2.05, 4.69) is 17.1 Å². The van der Waals surface area contributed by atoms with Crippen molar-refractivity contribution in [2.75, 3.05) is 0 Å². The molecule has 0 spiro atoms. The highest BCUT2D eigenvalue weighted by Gasteiger charge is 2.18. The van der Waals surface area contributed by atoms with Crippen LogP contribution in [-0.2, 0) is 0 Å². The van der Waals surface area contributed by atoms with Gasteiger partial charge in [-0.1, -0.05) is 30.1 Å². The monoisotopic (exact) mass is 271 g/mol. The van der Waals surface area contributed by atoms with Crippen LogP contribution in [0.15, 0.2) is 9.90 Å². The van der Waals surface area contributed by atoms with Gasteiger partial charge in [0.05, 0.1) is 11.1 Å². The second-order valence-corrected chi connectivity index (χ2v) is 5.17. The Morgan fingerprint density at radius 3 is 2.94 bits per heavy atom. The van der Waals surface area contributed by atoms with Crippen molar-refractivity contribution in [1.82, 2.24) is 10.1 Å². The van der Waals surface area contributed by atoms with Crippen LogP contribution >= 0.6 is 22.9 Å². The van der Waals surface area contributed by atoms with E-state index in [1.807, 2.05) is 12.3 Å². The largest absolute Gasteiger partial charge is 0.333 e. The van der Waals surface area contributed by atoms with E-state index in [4.69, 9.17) is 21.9 Å². The van der Waals surface area contributed by atoms with Gasteiger partial charge in [-0.2, -0.15) is 4.98 Å². The first-order chi connectivity index (χ1) is 8.13. The molecule has 2 aromatic rings. The van der Waals surface area contributed by atoms with Gasteiger partial charge in [-0.3, -0.25) is 0 Å². The van der Waals surface area contributed by atoms with Crippen LogP contribution in [0.4, 0.5) is 0 Å². The predicted octanol–water partition coefficient (Wildman–Crippen LogP) is 3.56. The van der Waals surface area contributed by atoms with E-state index >= 15 is 0 Å². The molecule has 92 valence electrons. The Kier molecular flexibility index (Phi) is 3.81. The molecule has 2 heterocycles.